The first-order valence-electron chi connectivity index (χ1n) is 4.27. The largest absolute Gasteiger partial charge is 0.465 e. The fraction of sp³-hybridized carbons (Fsp3) is 0.300. The van der Waals surface area contributed by atoms with E-state index in [9.17, 15) is 18.0 Å². The Morgan fingerprint density at radius 1 is 1.33 bits per heavy atom. The van der Waals surface area contributed by atoms with Crippen LogP contribution in [0.15, 0.2) is 6.07 Å². The van der Waals surface area contributed by atoms with E-state index in [1.807, 2.05) is 0 Å². The van der Waals surface area contributed by atoms with Crippen LogP contribution in [-0.2, 0) is 11.2 Å². The minimum absolute atomic E-state index is 0.113. The summed E-state index contributed by atoms with van der Waals surface area (Å²) in [5, 5.41) is 0. The maximum absolute atomic E-state index is 13.2. The monoisotopic (exact) mass is 218 g/mol. The van der Waals surface area contributed by atoms with Gasteiger partial charge in [0.2, 0.25) is 0 Å². The first-order valence-corrected chi connectivity index (χ1v) is 4.27. The van der Waals surface area contributed by atoms with Crippen LogP contribution in [0.25, 0.3) is 0 Å². The van der Waals surface area contributed by atoms with Crippen LogP contribution in [0.4, 0.5) is 13.2 Å². The van der Waals surface area contributed by atoms with Crippen LogP contribution in [0.3, 0.4) is 0 Å². The molecule has 0 saturated carbocycles. The Hall–Kier alpha value is -1.52. The third kappa shape index (κ3) is 1.95. The Morgan fingerprint density at radius 2 is 1.93 bits per heavy atom. The lowest BCUT2D eigenvalue weighted by Gasteiger charge is -2.06. The van der Waals surface area contributed by atoms with Crippen molar-refractivity contribution in [3.8, 4) is 0 Å². The molecule has 0 atom stereocenters. The number of hydrogen-bond donors (Lipinski definition) is 0. The van der Waals surface area contributed by atoms with Crippen LogP contribution in [0.2, 0.25) is 0 Å². The fourth-order valence-corrected chi connectivity index (χ4v) is 1.19. The second kappa shape index (κ2) is 4.33. The number of carbonyl (C=O) groups is 1. The summed E-state index contributed by atoms with van der Waals surface area (Å²) in [5.74, 6) is -5.05. The molecule has 0 N–H and O–H groups in total. The van der Waals surface area contributed by atoms with E-state index in [4.69, 9.17) is 0 Å². The summed E-state index contributed by atoms with van der Waals surface area (Å²) >= 11 is 0. The molecule has 1 aromatic rings. The van der Waals surface area contributed by atoms with Crippen molar-refractivity contribution in [1.82, 2.24) is 0 Å². The van der Waals surface area contributed by atoms with Crippen molar-refractivity contribution in [3.05, 3.63) is 34.6 Å². The number of benzene rings is 1. The highest BCUT2D eigenvalue weighted by atomic mass is 19.2. The van der Waals surface area contributed by atoms with Crippen LogP contribution in [-0.4, -0.2) is 13.1 Å². The molecule has 5 heteroatoms. The van der Waals surface area contributed by atoms with E-state index < -0.39 is 29.0 Å². The number of aryl methyl sites for hydroxylation is 1. The highest BCUT2D eigenvalue weighted by Crippen LogP contribution is 2.21. The van der Waals surface area contributed by atoms with Crippen LogP contribution >= 0.6 is 0 Å². The van der Waals surface area contributed by atoms with Crippen molar-refractivity contribution in [2.24, 2.45) is 0 Å². The first kappa shape index (κ1) is 11.6. The lowest BCUT2D eigenvalue weighted by atomic mass is 10.1. The number of ether oxygens (including phenoxy) is 1. The number of rotatable bonds is 2. The molecule has 0 aromatic heterocycles. The van der Waals surface area contributed by atoms with Crippen molar-refractivity contribution in [2.75, 3.05) is 7.11 Å². The number of halogens is 3. The Labute approximate surface area is 84.7 Å². The molecule has 0 amide bonds. The molecule has 0 unspecified atom stereocenters. The van der Waals surface area contributed by atoms with Crippen LogP contribution in [0, 0.1) is 17.5 Å². The van der Waals surface area contributed by atoms with Gasteiger partial charge in [-0.1, -0.05) is 6.92 Å². The van der Waals surface area contributed by atoms with Crippen LogP contribution in [0.5, 0.6) is 0 Å². The van der Waals surface area contributed by atoms with E-state index in [1.165, 1.54) is 0 Å². The summed E-state index contributed by atoms with van der Waals surface area (Å²) in [5.41, 5.74) is -1.11. The average Bonchev–Trinajstić information content (AvgIpc) is 2.23. The van der Waals surface area contributed by atoms with E-state index in [1.54, 1.807) is 6.92 Å². The van der Waals surface area contributed by atoms with Crippen molar-refractivity contribution in [3.63, 3.8) is 0 Å². The molecule has 0 bridgehead atoms. The molecule has 82 valence electrons. The molecule has 15 heavy (non-hydrogen) atoms. The van der Waals surface area contributed by atoms with Gasteiger partial charge in [0.15, 0.2) is 11.6 Å². The highest BCUT2D eigenvalue weighted by molar-refractivity contribution is 5.90. The predicted molar refractivity (Wildman–Crippen MR) is 47.0 cm³/mol. The zero-order chi connectivity index (χ0) is 11.6. The normalized spacial score (nSPS) is 10.2. The van der Waals surface area contributed by atoms with Crippen LogP contribution in [0.1, 0.15) is 22.8 Å². The van der Waals surface area contributed by atoms with E-state index >= 15 is 0 Å². The standard InChI is InChI=1S/C10H9F3O2/c1-3-5-4-6(11)7(10(14)15-2)9(13)8(5)12/h4H,3H2,1-2H3. The van der Waals surface area contributed by atoms with Gasteiger partial charge in [0.1, 0.15) is 11.4 Å². The van der Waals surface area contributed by atoms with Gasteiger partial charge in [0.25, 0.3) is 0 Å². The summed E-state index contributed by atoms with van der Waals surface area (Å²) in [6.45, 7) is 1.55. The molecule has 0 saturated heterocycles. The van der Waals surface area contributed by atoms with Gasteiger partial charge in [-0.15, -0.1) is 0 Å². The Kier molecular flexibility index (Phi) is 3.34. The third-order valence-electron chi connectivity index (χ3n) is 2.00. The van der Waals surface area contributed by atoms with E-state index in [0.29, 0.717) is 0 Å². The number of hydrogen-bond acceptors (Lipinski definition) is 2. The molecule has 0 aliphatic carbocycles. The van der Waals surface area contributed by atoms with Crippen molar-refractivity contribution < 1.29 is 22.7 Å². The summed E-state index contributed by atoms with van der Waals surface area (Å²) in [4.78, 5) is 10.9. The molecule has 0 fully saturated rings. The number of methoxy groups -OCH3 is 1. The topological polar surface area (TPSA) is 26.3 Å². The van der Waals surface area contributed by atoms with Crippen LogP contribution < -0.4 is 0 Å². The minimum atomic E-state index is -1.50. The molecule has 2 nitrogen and oxygen atoms in total. The predicted octanol–water partition coefficient (Wildman–Crippen LogP) is 2.45. The summed E-state index contributed by atoms with van der Waals surface area (Å²) in [7, 11) is 0.965. The smallest absolute Gasteiger partial charge is 0.343 e. The maximum Gasteiger partial charge on any atom is 0.343 e. The van der Waals surface area contributed by atoms with Gasteiger partial charge in [-0.25, -0.2) is 18.0 Å². The van der Waals surface area contributed by atoms with Gasteiger partial charge in [0.05, 0.1) is 7.11 Å². The lowest BCUT2D eigenvalue weighted by Crippen LogP contribution is -2.11. The Bertz CT molecular complexity index is 402. The van der Waals surface area contributed by atoms with Gasteiger partial charge in [-0.3, -0.25) is 0 Å². The average molecular weight is 218 g/mol. The number of carbonyl (C=O) groups excluding carboxylic acids is 1. The molecular weight excluding hydrogens is 209 g/mol. The summed E-state index contributed by atoms with van der Waals surface area (Å²) in [6.07, 6.45) is 0.140. The van der Waals surface area contributed by atoms with Crippen molar-refractivity contribution in [2.45, 2.75) is 13.3 Å². The van der Waals surface area contributed by atoms with Crippen molar-refractivity contribution in [1.29, 1.82) is 0 Å². The molecule has 1 aromatic carbocycles. The molecule has 0 radical (unpaired) electrons. The molecule has 0 heterocycles. The zero-order valence-corrected chi connectivity index (χ0v) is 8.23. The maximum atomic E-state index is 13.2. The molecular formula is C10H9F3O2. The van der Waals surface area contributed by atoms with Crippen molar-refractivity contribution >= 4 is 5.97 Å². The second-order valence-corrected chi connectivity index (χ2v) is 2.87. The Balaban J connectivity index is 3.42. The molecule has 0 aliphatic rings. The highest BCUT2D eigenvalue weighted by Gasteiger charge is 2.23. The van der Waals surface area contributed by atoms with Gasteiger partial charge in [-0.2, -0.15) is 0 Å². The second-order valence-electron chi connectivity index (χ2n) is 2.87. The van der Waals surface area contributed by atoms with E-state index in [-0.39, 0.29) is 12.0 Å². The fourth-order valence-electron chi connectivity index (χ4n) is 1.19. The lowest BCUT2D eigenvalue weighted by molar-refractivity contribution is 0.0588. The van der Waals surface area contributed by atoms with E-state index in [2.05, 4.69) is 4.74 Å². The molecule has 0 aliphatic heterocycles. The van der Waals surface area contributed by atoms with Gasteiger partial charge in [0, 0.05) is 0 Å². The van der Waals surface area contributed by atoms with Gasteiger partial charge < -0.3 is 4.74 Å². The molecule has 0 spiro atoms. The number of esters is 1. The van der Waals surface area contributed by atoms with E-state index in [0.717, 1.165) is 13.2 Å². The summed E-state index contributed by atoms with van der Waals surface area (Å²) < 4.78 is 43.8. The van der Waals surface area contributed by atoms with Gasteiger partial charge >= 0.3 is 5.97 Å². The summed E-state index contributed by atoms with van der Waals surface area (Å²) in [6, 6.07) is 0.796. The Morgan fingerprint density at radius 3 is 2.40 bits per heavy atom. The quantitative estimate of drug-likeness (QED) is 0.563. The SMILES string of the molecule is CCc1cc(F)c(C(=O)OC)c(F)c1F. The molecule has 1 rings (SSSR count). The minimum Gasteiger partial charge on any atom is -0.465 e. The zero-order valence-electron chi connectivity index (χ0n) is 8.23. The third-order valence-corrected chi connectivity index (χ3v) is 2.00. The first-order chi connectivity index (χ1) is 7.02. The van der Waals surface area contributed by atoms with Gasteiger partial charge in [-0.05, 0) is 18.1 Å².